The van der Waals surface area contributed by atoms with Gasteiger partial charge in [0.15, 0.2) is 0 Å². The summed E-state index contributed by atoms with van der Waals surface area (Å²) in [4.78, 5) is 14.9. The Morgan fingerprint density at radius 2 is 1.68 bits per heavy atom. The third-order valence-corrected chi connectivity index (χ3v) is 4.09. The van der Waals surface area contributed by atoms with Gasteiger partial charge < -0.3 is 10.6 Å². The molecule has 3 N–H and O–H groups in total. The van der Waals surface area contributed by atoms with E-state index in [2.05, 4.69) is 31.2 Å². The van der Waals surface area contributed by atoms with E-state index >= 15 is 0 Å². The summed E-state index contributed by atoms with van der Waals surface area (Å²) >= 11 is 0. The van der Waals surface area contributed by atoms with Crippen molar-refractivity contribution in [1.29, 1.82) is 0 Å². The molecule has 0 atom stereocenters. The predicted molar refractivity (Wildman–Crippen MR) is 78.5 cm³/mol. The van der Waals surface area contributed by atoms with Crippen LogP contribution in [0.25, 0.3) is 0 Å². The van der Waals surface area contributed by atoms with Crippen LogP contribution in [0.15, 0.2) is 0 Å². The number of carbonyl (C=O) groups is 1. The van der Waals surface area contributed by atoms with Crippen LogP contribution >= 0.6 is 0 Å². The molecule has 1 fully saturated rings. The second kappa shape index (κ2) is 7.82. The van der Waals surface area contributed by atoms with Gasteiger partial charge in [-0.1, -0.05) is 26.7 Å². The molecule has 1 heterocycles. The third kappa shape index (κ3) is 4.44. The van der Waals surface area contributed by atoms with Crippen LogP contribution in [0.4, 0.5) is 0 Å². The first kappa shape index (κ1) is 16.4. The van der Waals surface area contributed by atoms with E-state index in [0.717, 1.165) is 51.9 Å². The number of hydrogen-bond donors (Lipinski definition) is 2. The molecule has 0 aromatic rings. The van der Waals surface area contributed by atoms with Gasteiger partial charge in [-0.2, -0.15) is 0 Å². The number of carbonyl (C=O) groups excluding carboxylic acids is 1. The van der Waals surface area contributed by atoms with Crippen molar-refractivity contribution in [3.8, 4) is 0 Å². The van der Waals surface area contributed by atoms with Gasteiger partial charge >= 0.3 is 0 Å². The summed E-state index contributed by atoms with van der Waals surface area (Å²) in [6.45, 7) is 8.44. The van der Waals surface area contributed by atoms with Gasteiger partial charge in [-0.25, -0.2) is 5.01 Å². The van der Waals surface area contributed by atoms with Crippen molar-refractivity contribution in [3.05, 3.63) is 0 Å². The van der Waals surface area contributed by atoms with E-state index in [-0.39, 0.29) is 11.3 Å². The highest BCUT2D eigenvalue weighted by Gasteiger charge is 2.36. The fourth-order valence-electron chi connectivity index (χ4n) is 2.79. The standard InChI is InChI=1S/C14H30N4O/c1-4-6-14(12-15,7-5-2)13(19)16-18-10-8-17(3)9-11-18/h4-12,15H2,1-3H3,(H,16,19). The first-order valence-corrected chi connectivity index (χ1v) is 7.52. The second-order valence-corrected chi connectivity index (χ2v) is 5.72. The van der Waals surface area contributed by atoms with Crippen molar-refractivity contribution in [2.75, 3.05) is 39.8 Å². The van der Waals surface area contributed by atoms with Crippen molar-refractivity contribution >= 4 is 5.91 Å². The number of amides is 1. The lowest BCUT2D eigenvalue weighted by Crippen LogP contribution is -2.57. The molecule has 19 heavy (non-hydrogen) atoms. The summed E-state index contributed by atoms with van der Waals surface area (Å²) in [7, 11) is 2.11. The summed E-state index contributed by atoms with van der Waals surface area (Å²) in [6.07, 6.45) is 3.73. The summed E-state index contributed by atoms with van der Waals surface area (Å²) in [5.41, 5.74) is 8.63. The lowest BCUT2D eigenvalue weighted by atomic mass is 9.78. The van der Waals surface area contributed by atoms with Gasteiger partial charge in [0.1, 0.15) is 0 Å². The zero-order chi connectivity index (χ0) is 14.3. The van der Waals surface area contributed by atoms with Gasteiger partial charge in [0.05, 0.1) is 5.41 Å². The van der Waals surface area contributed by atoms with Crippen LogP contribution < -0.4 is 11.2 Å². The Morgan fingerprint density at radius 1 is 1.16 bits per heavy atom. The second-order valence-electron chi connectivity index (χ2n) is 5.72. The largest absolute Gasteiger partial charge is 0.329 e. The van der Waals surface area contributed by atoms with Crippen molar-refractivity contribution in [2.24, 2.45) is 11.1 Å². The van der Waals surface area contributed by atoms with Gasteiger partial charge in [-0.05, 0) is 19.9 Å². The van der Waals surface area contributed by atoms with Crippen molar-refractivity contribution in [3.63, 3.8) is 0 Å². The average Bonchev–Trinajstić information content (AvgIpc) is 2.41. The van der Waals surface area contributed by atoms with Crippen molar-refractivity contribution in [1.82, 2.24) is 15.3 Å². The molecule has 0 saturated carbocycles. The molecule has 0 aromatic heterocycles. The van der Waals surface area contributed by atoms with E-state index < -0.39 is 0 Å². The monoisotopic (exact) mass is 270 g/mol. The molecule has 1 amide bonds. The van der Waals surface area contributed by atoms with E-state index in [1.807, 2.05) is 5.01 Å². The normalized spacial score (nSPS) is 18.5. The number of nitrogens with two attached hydrogens (primary N) is 1. The van der Waals surface area contributed by atoms with Gasteiger partial charge in [0, 0.05) is 32.7 Å². The summed E-state index contributed by atoms with van der Waals surface area (Å²) in [5.74, 6) is 0.114. The Balaban J connectivity index is 2.60. The molecule has 1 aliphatic rings. The van der Waals surface area contributed by atoms with E-state index in [1.165, 1.54) is 0 Å². The Kier molecular flexibility index (Phi) is 6.75. The Bertz CT molecular complexity index is 269. The highest BCUT2D eigenvalue weighted by molar-refractivity contribution is 5.82. The Hall–Kier alpha value is -0.650. The fraction of sp³-hybridized carbons (Fsp3) is 0.929. The molecule has 5 nitrogen and oxygen atoms in total. The van der Waals surface area contributed by atoms with Crippen molar-refractivity contribution < 1.29 is 4.79 Å². The molecule has 5 heteroatoms. The number of piperazine rings is 1. The maximum atomic E-state index is 12.6. The average molecular weight is 270 g/mol. The van der Waals surface area contributed by atoms with Gasteiger partial charge in [-0.15, -0.1) is 0 Å². The van der Waals surface area contributed by atoms with Crippen LogP contribution in [0.3, 0.4) is 0 Å². The molecule has 1 saturated heterocycles. The van der Waals surface area contributed by atoms with Crippen LogP contribution in [0.1, 0.15) is 39.5 Å². The zero-order valence-corrected chi connectivity index (χ0v) is 12.7. The van der Waals surface area contributed by atoms with Crippen LogP contribution in [0.5, 0.6) is 0 Å². The molecule has 1 aliphatic heterocycles. The molecule has 0 aromatic carbocycles. The number of rotatable bonds is 7. The smallest absolute Gasteiger partial charge is 0.241 e. The number of nitrogens with zero attached hydrogens (tertiary/aromatic N) is 2. The van der Waals surface area contributed by atoms with Crippen LogP contribution in [0.2, 0.25) is 0 Å². The number of nitrogens with one attached hydrogen (secondary N) is 1. The maximum Gasteiger partial charge on any atom is 0.241 e. The number of hydrazine groups is 1. The third-order valence-electron chi connectivity index (χ3n) is 4.09. The summed E-state index contributed by atoms with van der Waals surface area (Å²) < 4.78 is 0. The molecular weight excluding hydrogens is 240 g/mol. The molecule has 0 spiro atoms. The van der Waals surface area contributed by atoms with Gasteiger partial charge in [0.2, 0.25) is 5.91 Å². The Labute approximate surface area is 117 Å². The van der Waals surface area contributed by atoms with Crippen molar-refractivity contribution in [2.45, 2.75) is 39.5 Å². The lowest BCUT2D eigenvalue weighted by Gasteiger charge is -2.37. The minimum absolute atomic E-state index is 0.114. The van der Waals surface area contributed by atoms with Crippen LogP contribution in [-0.2, 0) is 4.79 Å². The van der Waals surface area contributed by atoms with E-state index in [4.69, 9.17) is 5.73 Å². The van der Waals surface area contributed by atoms with E-state index in [1.54, 1.807) is 0 Å². The topological polar surface area (TPSA) is 61.6 Å². The predicted octanol–water partition coefficient (Wildman–Crippen LogP) is 0.810. The first-order valence-electron chi connectivity index (χ1n) is 7.52. The summed E-state index contributed by atoms with van der Waals surface area (Å²) in [5, 5.41) is 2.04. The molecule has 1 rings (SSSR count). The molecular formula is C14H30N4O. The number of likely N-dealkylation sites (N-methyl/N-ethyl adjacent to an activating group) is 1. The SMILES string of the molecule is CCCC(CN)(CCC)C(=O)NN1CCN(C)CC1. The highest BCUT2D eigenvalue weighted by atomic mass is 16.2. The molecule has 0 radical (unpaired) electrons. The summed E-state index contributed by atoms with van der Waals surface area (Å²) in [6, 6.07) is 0. The van der Waals surface area contributed by atoms with E-state index in [9.17, 15) is 4.79 Å². The molecule has 0 aliphatic carbocycles. The van der Waals surface area contributed by atoms with Crippen LogP contribution in [-0.4, -0.2) is 55.6 Å². The highest BCUT2D eigenvalue weighted by Crippen LogP contribution is 2.29. The van der Waals surface area contributed by atoms with Gasteiger partial charge in [0.25, 0.3) is 0 Å². The first-order chi connectivity index (χ1) is 9.07. The fourth-order valence-corrected chi connectivity index (χ4v) is 2.79. The minimum atomic E-state index is -0.382. The number of hydrogen-bond acceptors (Lipinski definition) is 4. The molecule has 0 unspecified atom stereocenters. The Morgan fingerprint density at radius 3 is 2.11 bits per heavy atom. The quantitative estimate of drug-likeness (QED) is 0.719. The molecule has 112 valence electrons. The maximum absolute atomic E-state index is 12.6. The van der Waals surface area contributed by atoms with Gasteiger partial charge in [-0.3, -0.25) is 10.2 Å². The minimum Gasteiger partial charge on any atom is -0.329 e. The van der Waals surface area contributed by atoms with Crippen LogP contribution in [0, 0.1) is 5.41 Å². The lowest BCUT2D eigenvalue weighted by molar-refractivity contribution is -0.137. The van der Waals surface area contributed by atoms with E-state index in [0.29, 0.717) is 6.54 Å². The molecule has 0 bridgehead atoms. The zero-order valence-electron chi connectivity index (χ0n) is 12.7.